The van der Waals surface area contributed by atoms with Crippen molar-refractivity contribution < 1.29 is 267 Å². The molecule has 0 radical (unpaired) electrons. The van der Waals surface area contributed by atoms with Gasteiger partial charge in [0.2, 0.25) is 29.5 Å². The number of carbonyl (C=O) groups is 6. The third-order valence-electron chi connectivity index (χ3n) is 23.8. The second-order valence-corrected chi connectivity index (χ2v) is 33.1. The predicted molar refractivity (Wildman–Crippen MR) is 405 cm³/mol. The maximum atomic E-state index is 13.3. The molecule has 59 nitrogen and oxygen atoms in total. The minimum atomic E-state index is -3.33. The Morgan fingerprint density at radius 1 is 0.311 bits per heavy atom. The van der Waals surface area contributed by atoms with Crippen molar-refractivity contribution in [3.8, 4) is 0 Å². The van der Waals surface area contributed by atoms with Crippen LogP contribution >= 0.6 is 0 Å². The molecule has 0 aromatic rings. The lowest BCUT2D eigenvalue weighted by molar-refractivity contribution is -0.401. The maximum Gasteiger partial charge on any atom is 0.364 e. The number of carbonyl (C=O) groups excluding carboxylic acids is 5. The third kappa shape index (κ3) is 24.0. The van der Waals surface area contributed by atoms with Crippen molar-refractivity contribution in [2.45, 2.75) is 353 Å². The van der Waals surface area contributed by atoms with Crippen LogP contribution in [0.3, 0.4) is 0 Å². The summed E-state index contributed by atoms with van der Waals surface area (Å²) < 4.78 is 113. The molecule has 34 N–H and O–H groups in total. The van der Waals surface area contributed by atoms with Gasteiger partial charge in [0.1, 0.15) is 238 Å². The van der Waals surface area contributed by atoms with Crippen molar-refractivity contribution in [1.82, 2.24) is 26.6 Å². The first kappa shape index (κ1) is 109. The molecule has 132 heavy (non-hydrogen) atoms. The molecule has 762 valence electrons. The van der Waals surface area contributed by atoms with Crippen molar-refractivity contribution in [3.05, 3.63) is 0 Å². The first-order valence-corrected chi connectivity index (χ1v) is 41.8. The fourth-order valence-corrected chi connectivity index (χ4v) is 17.0. The molecule has 51 atom stereocenters. The van der Waals surface area contributed by atoms with E-state index >= 15 is 0 Å². The summed E-state index contributed by atoms with van der Waals surface area (Å²) in [6.07, 6.45) is -100. The largest absolute Gasteiger partial charge is 0.477 e. The van der Waals surface area contributed by atoms with E-state index < -0.39 is 420 Å². The van der Waals surface area contributed by atoms with Gasteiger partial charge in [0, 0.05) is 41.0 Å². The van der Waals surface area contributed by atoms with Gasteiger partial charge in [-0.2, -0.15) is 0 Å². The van der Waals surface area contributed by atoms with E-state index in [1.54, 1.807) is 0 Å². The molecule has 10 fully saturated rings. The van der Waals surface area contributed by atoms with E-state index in [0.29, 0.717) is 0 Å². The fraction of sp³-hybridized carbons (Fsp3) is 0.918. The smallest absolute Gasteiger partial charge is 0.364 e. The van der Waals surface area contributed by atoms with Crippen LogP contribution in [-0.4, -0.2) is 562 Å². The number of carboxylic acids is 1. The number of carboxylic acid groups (broad SMARTS) is 1. The maximum absolute atomic E-state index is 13.3. The van der Waals surface area contributed by atoms with Gasteiger partial charge in [-0.25, -0.2) is 4.79 Å². The number of ether oxygens (including phenoxy) is 19. The van der Waals surface area contributed by atoms with Gasteiger partial charge in [0.25, 0.3) is 5.79 Å². The second kappa shape index (κ2) is 47.3. The monoisotopic (exact) mass is 1930 g/mol. The van der Waals surface area contributed by atoms with Gasteiger partial charge in [-0.15, -0.1) is 0 Å². The zero-order chi connectivity index (χ0) is 97.6. The molecule has 0 unspecified atom stereocenters. The lowest BCUT2D eigenvalue weighted by atomic mass is 9.88. The SMILES string of the molecule is CC(=O)N[C@@H]1[C@@H](O)[C@H](O[C@@H]2O[C@H](CO)[C@@H](O[C@@H]3O[C@H](CO[C@H]4O[C@H](CO)[C@@H](O)[C@H](O)[C@@H]4O[C@H]4O[C@H](CO)[C@@H](O[C@@H]5O[C@H](CO)[C@H](O)[C@H](O)[C@H]5O)[C@H](O)[C@H]4NC(C)=O)[C@@H](O)[C@H](O[C@H]4O[C@H](CO)[C@@H](O)[C@H](O)[C@@H]4O[C@H]4O[C@H](CO)[C@@H](O[C@@H]5O[C@H](CO)[C@H](O)[C@H](O[C@]6(C(=O)O)C[C@H](O)[C@@H](NC(C)=O)[C@H]([C@H](O)[C@H](O)CO)O6)[C@H]5O)[C@H](O)[C@H]4NC(C)=O)[C@@H]3O)[C@H](O)[C@H]2NC(C)=O)[C@@H](CO)O[C@H]1O. The summed E-state index contributed by atoms with van der Waals surface area (Å²) in [7, 11) is 0. The summed E-state index contributed by atoms with van der Waals surface area (Å²) in [6, 6.07) is -9.55. The van der Waals surface area contributed by atoms with Crippen LogP contribution in [0.25, 0.3) is 0 Å². The number of hydrogen-bond acceptors (Lipinski definition) is 53. The highest BCUT2D eigenvalue weighted by molar-refractivity contribution is 5.77. The number of nitrogens with one attached hydrogen (secondary N) is 5. The number of aliphatic carboxylic acids is 1. The van der Waals surface area contributed by atoms with E-state index in [2.05, 4.69) is 26.6 Å². The Morgan fingerprint density at radius 2 is 0.614 bits per heavy atom. The Morgan fingerprint density at radius 3 is 1.02 bits per heavy atom. The molecule has 10 heterocycles. The topological polar surface area (TPSA) is 925 Å². The van der Waals surface area contributed by atoms with Gasteiger partial charge in [-0.3, -0.25) is 24.0 Å². The molecule has 0 bridgehead atoms. The van der Waals surface area contributed by atoms with Gasteiger partial charge >= 0.3 is 5.97 Å². The minimum Gasteiger partial charge on any atom is -0.477 e. The Hall–Kier alpha value is -5.06. The van der Waals surface area contributed by atoms with Crippen LogP contribution in [0, 0.1) is 0 Å². The van der Waals surface area contributed by atoms with Crippen LogP contribution in [0.2, 0.25) is 0 Å². The molecule has 59 heteroatoms. The molecule has 10 aliphatic heterocycles. The molecule has 10 saturated heterocycles. The molecule has 10 aliphatic rings. The molecular formula is C73H121N5O54. The van der Waals surface area contributed by atoms with E-state index in [1.807, 2.05) is 0 Å². The van der Waals surface area contributed by atoms with Crippen LogP contribution in [0.1, 0.15) is 41.0 Å². The van der Waals surface area contributed by atoms with Crippen LogP contribution < -0.4 is 26.6 Å². The Bertz CT molecular complexity index is 3680. The minimum absolute atomic E-state index is 0.817. The van der Waals surface area contributed by atoms with Crippen LogP contribution in [0.4, 0.5) is 0 Å². The van der Waals surface area contributed by atoms with Crippen LogP contribution in [0.15, 0.2) is 0 Å². The van der Waals surface area contributed by atoms with Gasteiger partial charge in [0.05, 0.1) is 78.2 Å². The standard InChI is InChI=1S/C73H121N5O54/c1-17(88)74-33-22(93)6-73(72(112)113,131-58(33)38(95)23(94)7-79)132-60-42(99)27(11-83)117-69(53(60)110)127-57-31(15-87)122-66(37(47(57)104)78-21(5)92)130-62-50(107)41(98)26(10-82)119-71(62)128-59-43(100)32(123-68(52(59)109)126-56-30(14-86)120-64(35(45(56)102)76-19(3)90)124-54-28(12-84)115-63(111)34(44(54)101)75-18(2)89)16-114-70-61(49(106)40(97)25(9-81)118-70)129-65-36(77-20(4)91)46(103)55(29(13-85)121-65)125-67-51(108)48(105)39(96)24(8-80)116-67/h22-71,79-87,93-111H,6-16H2,1-5H3,(H,74,88)(H,75,89)(H,76,90)(H,77,91)(H,78,92)(H,112,113)/t22-,23+,24+,25+,26+,27+,28+,29+,30+,31+,32+,33+,34+,35+,36+,37+,38+,39-,40+,41+,42-,43+,44+,45+,46+,47+,48-,49-,50-,51+,52-,53+,54+,55+,56+,57+,58+,59-,60-,61-,62-,63+,64-,65+,66+,67-,68-,69-,70-,71+,73-/m0/s1. The Kier molecular flexibility index (Phi) is 39.0. The Labute approximate surface area is 746 Å². The van der Waals surface area contributed by atoms with Gasteiger partial charge in [0.15, 0.2) is 56.6 Å². The zero-order valence-corrected chi connectivity index (χ0v) is 70.8. The molecule has 5 amide bonds. The van der Waals surface area contributed by atoms with Crippen molar-refractivity contribution in [3.63, 3.8) is 0 Å². The number of hydrogen-bond donors (Lipinski definition) is 34. The molecule has 0 spiro atoms. The lowest BCUT2D eigenvalue weighted by Crippen LogP contribution is -2.71. The van der Waals surface area contributed by atoms with Crippen molar-refractivity contribution in [1.29, 1.82) is 0 Å². The van der Waals surface area contributed by atoms with Gasteiger partial charge < -0.3 is 265 Å². The molecule has 0 aliphatic carbocycles. The van der Waals surface area contributed by atoms with Crippen LogP contribution in [0.5, 0.6) is 0 Å². The highest BCUT2D eigenvalue weighted by Gasteiger charge is 2.64. The molecule has 0 saturated carbocycles. The Balaban J connectivity index is 0.974. The second-order valence-electron chi connectivity index (χ2n) is 33.1. The third-order valence-corrected chi connectivity index (χ3v) is 23.8. The van der Waals surface area contributed by atoms with Crippen molar-refractivity contribution >= 4 is 35.5 Å². The number of aliphatic hydroxyl groups is 28. The highest BCUT2D eigenvalue weighted by Crippen LogP contribution is 2.43. The fourth-order valence-electron chi connectivity index (χ4n) is 17.0. The average molecular weight is 1930 g/mol. The molecule has 0 aromatic heterocycles. The first-order chi connectivity index (χ1) is 62.3. The van der Waals surface area contributed by atoms with E-state index in [1.165, 1.54) is 0 Å². The summed E-state index contributed by atoms with van der Waals surface area (Å²) in [5.41, 5.74) is 0. The zero-order valence-electron chi connectivity index (χ0n) is 70.8. The quantitative estimate of drug-likeness (QED) is 0.0277. The normalized spacial score (nSPS) is 47.2. The summed E-state index contributed by atoms with van der Waals surface area (Å²) >= 11 is 0. The van der Waals surface area contributed by atoms with E-state index in [-0.39, 0.29) is 0 Å². The molecular weight excluding hydrogens is 1810 g/mol. The van der Waals surface area contributed by atoms with Crippen LogP contribution in [-0.2, 0) is 119 Å². The number of rotatable bonds is 36. The van der Waals surface area contributed by atoms with Crippen molar-refractivity contribution in [2.75, 3.05) is 66.1 Å². The summed E-state index contributed by atoms with van der Waals surface area (Å²) in [5.74, 6) is -10.2. The molecule has 0 aromatic carbocycles. The van der Waals surface area contributed by atoms with E-state index in [0.717, 1.165) is 34.6 Å². The predicted octanol–water partition coefficient (Wildman–Crippen LogP) is -22.9. The highest BCUT2D eigenvalue weighted by atomic mass is 16.8. The summed E-state index contributed by atoms with van der Waals surface area (Å²) in [4.78, 5) is 77.1. The molecule has 10 rings (SSSR count). The lowest BCUT2D eigenvalue weighted by Gasteiger charge is -2.51. The van der Waals surface area contributed by atoms with Gasteiger partial charge in [-0.05, 0) is 0 Å². The number of amides is 5. The average Bonchev–Trinajstić information content (AvgIpc) is 0.659. The summed E-state index contributed by atoms with van der Waals surface area (Å²) in [6.45, 7) is -7.28. The van der Waals surface area contributed by atoms with E-state index in [4.69, 9.17) is 90.0 Å². The first-order valence-electron chi connectivity index (χ1n) is 41.8. The number of aliphatic hydroxyl groups excluding tert-OH is 28. The van der Waals surface area contributed by atoms with Gasteiger partial charge in [-0.1, -0.05) is 0 Å². The van der Waals surface area contributed by atoms with E-state index in [9.17, 15) is 177 Å². The van der Waals surface area contributed by atoms with Crippen molar-refractivity contribution in [2.24, 2.45) is 0 Å². The summed E-state index contributed by atoms with van der Waals surface area (Å²) in [5, 5.41) is 337.